The fourth-order valence-electron chi connectivity index (χ4n) is 2.31. The number of hydrogen-bond acceptors (Lipinski definition) is 2. The van der Waals surface area contributed by atoms with E-state index in [9.17, 15) is 0 Å². The van der Waals surface area contributed by atoms with Crippen molar-refractivity contribution in [1.29, 1.82) is 0 Å². The Morgan fingerprint density at radius 2 is 1.67 bits per heavy atom. The first-order chi connectivity index (χ1) is 10.1. The van der Waals surface area contributed by atoms with Crippen molar-refractivity contribution in [2.75, 3.05) is 5.73 Å². The quantitative estimate of drug-likeness (QED) is 0.715. The van der Waals surface area contributed by atoms with Gasteiger partial charge in [0.2, 0.25) is 0 Å². The summed E-state index contributed by atoms with van der Waals surface area (Å²) < 4.78 is 2.64. The molecule has 0 saturated heterocycles. The van der Waals surface area contributed by atoms with E-state index >= 15 is 0 Å². The van der Waals surface area contributed by atoms with E-state index in [0.717, 1.165) is 26.9 Å². The highest BCUT2D eigenvalue weighted by Crippen LogP contribution is 2.41. The minimum absolute atomic E-state index is 0.592. The van der Waals surface area contributed by atoms with Gasteiger partial charge < -0.3 is 5.73 Å². The lowest BCUT2D eigenvalue weighted by molar-refractivity contribution is 0.782. The summed E-state index contributed by atoms with van der Waals surface area (Å²) in [5.41, 5.74) is 9.76. The van der Waals surface area contributed by atoms with Crippen molar-refractivity contribution in [1.82, 2.24) is 9.78 Å². The summed E-state index contributed by atoms with van der Waals surface area (Å²) in [4.78, 5) is 0. The van der Waals surface area contributed by atoms with Gasteiger partial charge in [0, 0.05) is 27.7 Å². The van der Waals surface area contributed by atoms with Gasteiger partial charge in [-0.15, -0.1) is 0 Å². The van der Waals surface area contributed by atoms with Crippen LogP contribution >= 0.6 is 27.5 Å². The molecule has 0 bridgehead atoms. The SMILES string of the molecule is Cn1nc(-c2ccccc2Br)c(-c2ccccc2Cl)c1N. The third kappa shape index (κ3) is 2.45. The van der Waals surface area contributed by atoms with Gasteiger partial charge in [0.15, 0.2) is 0 Å². The van der Waals surface area contributed by atoms with Crippen LogP contribution in [0.3, 0.4) is 0 Å². The van der Waals surface area contributed by atoms with Crippen molar-refractivity contribution in [3.8, 4) is 22.4 Å². The summed E-state index contributed by atoms with van der Waals surface area (Å²) in [5, 5.41) is 5.22. The van der Waals surface area contributed by atoms with Gasteiger partial charge in [0.1, 0.15) is 11.5 Å². The number of aryl methyl sites for hydroxylation is 1. The second-order valence-corrected chi connectivity index (χ2v) is 5.95. The number of nitrogens with two attached hydrogens (primary N) is 1. The van der Waals surface area contributed by atoms with E-state index in [1.165, 1.54) is 0 Å². The molecule has 0 saturated carbocycles. The van der Waals surface area contributed by atoms with Gasteiger partial charge in [-0.1, -0.05) is 63.9 Å². The van der Waals surface area contributed by atoms with Crippen LogP contribution in [-0.4, -0.2) is 9.78 Å². The highest BCUT2D eigenvalue weighted by Gasteiger charge is 2.20. The van der Waals surface area contributed by atoms with Crippen LogP contribution in [0.4, 0.5) is 5.82 Å². The van der Waals surface area contributed by atoms with Crippen LogP contribution in [0.25, 0.3) is 22.4 Å². The molecule has 0 aliphatic carbocycles. The van der Waals surface area contributed by atoms with Gasteiger partial charge in [-0.25, -0.2) is 0 Å². The predicted molar refractivity (Wildman–Crippen MR) is 91.2 cm³/mol. The Hall–Kier alpha value is -1.78. The molecular weight excluding hydrogens is 350 g/mol. The van der Waals surface area contributed by atoms with E-state index in [2.05, 4.69) is 21.0 Å². The lowest BCUT2D eigenvalue weighted by atomic mass is 10.0. The Morgan fingerprint density at radius 3 is 2.33 bits per heavy atom. The topological polar surface area (TPSA) is 43.8 Å². The highest BCUT2D eigenvalue weighted by molar-refractivity contribution is 9.10. The molecule has 1 aromatic heterocycles. The maximum absolute atomic E-state index is 6.33. The Bertz CT molecular complexity index is 811. The van der Waals surface area contributed by atoms with Crippen LogP contribution in [0, 0.1) is 0 Å². The van der Waals surface area contributed by atoms with Gasteiger partial charge in [-0.2, -0.15) is 5.10 Å². The van der Waals surface area contributed by atoms with E-state index < -0.39 is 0 Å². The molecule has 3 nitrogen and oxygen atoms in total. The molecule has 3 rings (SSSR count). The van der Waals surface area contributed by atoms with Gasteiger partial charge in [-0.3, -0.25) is 4.68 Å². The standard InChI is InChI=1S/C16H13BrClN3/c1-21-16(19)14(11-7-3-5-9-13(11)18)15(20-21)10-6-2-4-8-12(10)17/h2-9H,19H2,1H3. The molecule has 0 spiro atoms. The van der Waals surface area contributed by atoms with E-state index in [-0.39, 0.29) is 0 Å². The predicted octanol–water partition coefficient (Wildman–Crippen LogP) is 4.75. The molecular formula is C16H13BrClN3. The fourth-order valence-corrected chi connectivity index (χ4v) is 3.01. The molecule has 0 aliphatic rings. The van der Waals surface area contributed by atoms with Crippen LogP contribution in [-0.2, 0) is 7.05 Å². The first kappa shape index (κ1) is 14.2. The molecule has 0 aliphatic heterocycles. The molecule has 3 aromatic rings. The molecule has 106 valence electrons. The molecule has 0 fully saturated rings. The van der Waals surface area contributed by atoms with Crippen LogP contribution < -0.4 is 5.73 Å². The molecule has 1 heterocycles. The largest absolute Gasteiger partial charge is 0.383 e. The van der Waals surface area contributed by atoms with E-state index in [1.807, 2.05) is 55.6 Å². The number of anilines is 1. The number of nitrogens with zero attached hydrogens (tertiary/aromatic N) is 2. The Morgan fingerprint density at radius 1 is 1.05 bits per heavy atom. The first-order valence-electron chi connectivity index (χ1n) is 6.42. The van der Waals surface area contributed by atoms with Crippen molar-refractivity contribution >= 4 is 33.3 Å². The van der Waals surface area contributed by atoms with Crippen LogP contribution in [0.5, 0.6) is 0 Å². The molecule has 2 aromatic carbocycles. The second kappa shape index (κ2) is 5.54. The van der Waals surface area contributed by atoms with Crippen molar-refractivity contribution < 1.29 is 0 Å². The molecule has 5 heteroatoms. The molecule has 0 unspecified atom stereocenters. The molecule has 2 N–H and O–H groups in total. The zero-order valence-electron chi connectivity index (χ0n) is 11.3. The van der Waals surface area contributed by atoms with Gasteiger partial charge in [0.25, 0.3) is 0 Å². The Balaban J connectivity index is 2.32. The third-order valence-corrected chi connectivity index (χ3v) is 4.38. The Kier molecular flexibility index (Phi) is 3.74. The lowest BCUT2D eigenvalue weighted by Crippen LogP contribution is -1.98. The van der Waals surface area contributed by atoms with Crippen LogP contribution in [0.1, 0.15) is 0 Å². The summed E-state index contributed by atoms with van der Waals surface area (Å²) >= 11 is 9.90. The van der Waals surface area contributed by atoms with Crippen molar-refractivity contribution in [3.05, 3.63) is 58.0 Å². The van der Waals surface area contributed by atoms with Gasteiger partial charge in [0.05, 0.1) is 5.56 Å². The average Bonchev–Trinajstić information content (AvgIpc) is 2.76. The highest BCUT2D eigenvalue weighted by atomic mass is 79.9. The monoisotopic (exact) mass is 361 g/mol. The number of halogens is 2. The minimum Gasteiger partial charge on any atom is -0.383 e. The van der Waals surface area contributed by atoms with Crippen molar-refractivity contribution in [3.63, 3.8) is 0 Å². The number of aromatic nitrogens is 2. The van der Waals surface area contributed by atoms with E-state index in [0.29, 0.717) is 10.8 Å². The maximum Gasteiger partial charge on any atom is 0.129 e. The molecule has 0 amide bonds. The normalized spacial score (nSPS) is 10.8. The van der Waals surface area contributed by atoms with Gasteiger partial charge in [-0.05, 0) is 12.1 Å². The summed E-state index contributed by atoms with van der Waals surface area (Å²) in [6, 6.07) is 15.6. The maximum atomic E-state index is 6.33. The average molecular weight is 363 g/mol. The molecule has 21 heavy (non-hydrogen) atoms. The Labute approximate surface area is 136 Å². The number of rotatable bonds is 2. The molecule has 0 radical (unpaired) electrons. The first-order valence-corrected chi connectivity index (χ1v) is 7.59. The number of benzene rings is 2. The minimum atomic E-state index is 0.592. The van der Waals surface area contributed by atoms with Crippen LogP contribution in [0.15, 0.2) is 53.0 Å². The smallest absolute Gasteiger partial charge is 0.129 e. The van der Waals surface area contributed by atoms with Crippen molar-refractivity contribution in [2.45, 2.75) is 0 Å². The molecule has 0 atom stereocenters. The summed E-state index contributed by atoms with van der Waals surface area (Å²) in [7, 11) is 1.83. The third-order valence-electron chi connectivity index (χ3n) is 3.36. The summed E-state index contributed by atoms with van der Waals surface area (Å²) in [6.45, 7) is 0. The number of nitrogen functional groups attached to an aromatic ring is 1. The van der Waals surface area contributed by atoms with Gasteiger partial charge >= 0.3 is 0 Å². The second-order valence-electron chi connectivity index (χ2n) is 4.69. The lowest BCUT2D eigenvalue weighted by Gasteiger charge is -2.07. The van der Waals surface area contributed by atoms with E-state index in [1.54, 1.807) is 4.68 Å². The summed E-state index contributed by atoms with van der Waals surface area (Å²) in [6.07, 6.45) is 0. The number of hydrogen-bond donors (Lipinski definition) is 1. The zero-order valence-corrected chi connectivity index (χ0v) is 13.7. The fraction of sp³-hybridized carbons (Fsp3) is 0.0625. The zero-order chi connectivity index (χ0) is 15.0. The van der Waals surface area contributed by atoms with Crippen molar-refractivity contribution in [2.24, 2.45) is 7.05 Å². The summed E-state index contributed by atoms with van der Waals surface area (Å²) in [5.74, 6) is 0.592. The van der Waals surface area contributed by atoms with Crippen LogP contribution in [0.2, 0.25) is 5.02 Å². The van der Waals surface area contributed by atoms with E-state index in [4.69, 9.17) is 17.3 Å².